The fourth-order valence-electron chi connectivity index (χ4n) is 2.97. The van der Waals surface area contributed by atoms with Crippen LogP contribution in [0, 0.1) is 0 Å². The fourth-order valence-corrected chi connectivity index (χ4v) is 8.94. The number of hydrogen-bond acceptors (Lipinski definition) is 1. The zero-order chi connectivity index (χ0) is 24.9. The van der Waals surface area contributed by atoms with Crippen molar-refractivity contribution in [2.45, 2.75) is 52.0 Å². The van der Waals surface area contributed by atoms with Gasteiger partial charge in [-0.05, 0) is 0 Å². The summed E-state index contributed by atoms with van der Waals surface area (Å²) < 4.78 is 131. The van der Waals surface area contributed by atoms with Crippen molar-refractivity contribution in [1.82, 2.24) is 0 Å². The molecular formula is C21H19F10OSn. The number of benzene rings is 2. The second-order valence-corrected chi connectivity index (χ2v) is 14.0. The molecule has 0 aromatic heterocycles. The van der Waals surface area contributed by atoms with Crippen LogP contribution >= 0.6 is 0 Å². The second kappa shape index (κ2) is 10.8. The number of rotatable bonds is 10. The monoisotopic (exact) mass is 597 g/mol. The van der Waals surface area contributed by atoms with Gasteiger partial charge in [-0.25, -0.2) is 0 Å². The van der Waals surface area contributed by atoms with Crippen LogP contribution in [0.4, 0.5) is 43.9 Å². The number of halogens is 10. The van der Waals surface area contributed by atoms with Crippen molar-refractivity contribution in [1.29, 1.82) is 0 Å². The van der Waals surface area contributed by atoms with Crippen LogP contribution in [0.15, 0.2) is 60.7 Å². The van der Waals surface area contributed by atoms with Crippen LogP contribution < -0.4 is 0 Å². The normalized spacial score (nSPS) is 13.7. The second-order valence-electron chi connectivity index (χ2n) is 7.29. The summed E-state index contributed by atoms with van der Waals surface area (Å²) in [5.74, 6) is 0. The Balaban J connectivity index is 2.47. The third-order valence-corrected chi connectivity index (χ3v) is 11.1. The van der Waals surface area contributed by atoms with Crippen LogP contribution in [0.25, 0.3) is 0 Å². The molecule has 0 atom stereocenters. The molecule has 2 aromatic carbocycles. The minimum atomic E-state index is -6.17. The molecule has 183 valence electrons. The molecule has 33 heavy (non-hydrogen) atoms. The summed E-state index contributed by atoms with van der Waals surface area (Å²) in [7, 11) is 0. The molecule has 0 bridgehead atoms. The Kier molecular flexibility index (Phi) is 9.11. The Labute approximate surface area is 191 Å². The molecule has 0 N–H and O–H groups in total. The van der Waals surface area contributed by atoms with Gasteiger partial charge in [-0.3, -0.25) is 0 Å². The van der Waals surface area contributed by atoms with Crippen LogP contribution in [-0.4, -0.2) is 40.4 Å². The van der Waals surface area contributed by atoms with Gasteiger partial charge in [0.1, 0.15) is 0 Å². The Bertz CT molecular complexity index is 783. The van der Waals surface area contributed by atoms with Gasteiger partial charge in [-0.15, -0.1) is 0 Å². The Morgan fingerprint density at radius 3 is 1.18 bits per heavy atom. The first kappa shape index (κ1) is 27.7. The van der Waals surface area contributed by atoms with E-state index in [1.54, 1.807) is 12.1 Å². The van der Waals surface area contributed by atoms with E-state index in [1.807, 2.05) is 0 Å². The van der Waals surface area contributed by atoms with Gasteiger partial charge in [0.25, 0.3) is 0 Å². The van der Waals surface area contributed by atoms with E-state index in [-0.39, 0.29) is 11.1 Å². The molecule has 0 saturated heterocycles. The summed E-state index contributed by atoms with van der Waals surface area (Å²) in [6, 6.07) is 14.6. The molecule has 0 heterocycles. The molecule has 1 nitrogen and oxygen atoms in total. The molecule has 12 heteroatoms. The first-order chi connectivity index (χ1) is 15.1. The van der Waals surface area contributed by atoms with Gasteiger partial charge in [-0.1, -0.05) is 0 Å². The van der Waals surface area contributed by atoms with E-state index in [0.29, 0.717) is 0 Å². The molecule has 0 spiro atoms. The van der Waals surface area contributed by atoms with Gasteiger partial charge in [0.2, 0.25) is 0 Å². The molecule has 0 saturated carbocycles. The zero-order valence-corrected chi connectivity index (χ0v) is 19.7. The molecule has 0 fully saturated rings. The first-order valence-electron chi connectivity index (χ1n) is 9.64. The van der Waals surface area contributed by atoms with Gasteiger partial charge in [0.15, 0.2) is 0 Å². The van der Waals surface area contributed by atoms with Crippen LogP contribution in [0.5, 0.6) is 0 Å². The van der Waals surface area contributed by atoms with E-state index in [0.717, 1.165) is 0 Å². The third-order valence-electron chi connectivity index (χ3n) is 4.55. The predicted molar refractivity (Wildman–Crippen MR) is 102 cm³/mol. The predicted octanol–water partition coefficient (Wildman–Crippen LogP) is 7.82. The molecule has 2 aromatic rings. The van der Waals surface area contributed by atoms with Gasteiger partial charge >= 0.3 is 191 Å². The van der Waals surface area contributed by atoms with Gasteiger partial charge in [0, 0.05) is 0 Å². The third kappa shape index (κ3) is 8.99. The summed E-state index contributed by atoms with van der Waals surface area (Å²) in [6.45, 7) is 0. The quantitative estimate of drug-likeness (QED) is 0.201. The van der Waals surface area contributed by atoms with Gasteiger partial charge < -0.3 is 0 Å². The number of hydrogen-bond donors (Lipinski definition) is 0. The van der Waals surface area contributed by atoms with E-state index in [9.17, 15) is 43.9 Å². The molecule has 0 aliphatic rings. The topological polar surface area (TPSA) is 9.23 Å². The summed E-state index contributed by atoms with van der Waals surface area (Å²) in [6.07, 6.45) is -19.7. The van der Waals surface area contributed by atoms with Crippen LogP contribution in [0.3, 0.4) is 0 Å². The van der Waals surface area contributed by atoms with E-state index in [2.05, 4.69) is 0 Å². The Hall–Kier alpha value is -1.50. The van der Waals surface area contributed by atoms with Gasteiger partial charge in [-0.2, -0.15) is 0 Å². The fraction of sp³-hybridized carbons (Fsp3) is 0.429. The van der Waals surface area contributed by atoms with Crippen molar-refractivity contribution in [3.8, 4) is 0 Å². The first-order valence-corrected chi connectivity index (χ1v) is 13.7. The average molecular weight is 596 g/mol. The van der Waals surface area contributed by atoms with Crippen molar-refractivity contribution in [2.24, 2.45) is 0 Å². The maximum absolute atomic E-state index is 14.8. The molecule has 1 radical (unpaired) electrons. The van der Waals surface area contributed by atoms with Crippen LogP contribution in [0.2, 0.25) is 0 Å². The summed E-state index contributed by atoms with van der Waals surface area (Å²) in [4.78, 5) is 0. The maximum atomic E-state index is 14.8. The van der Waals surface area contributed by atoms with Crippen LogP contribution in [-0.2, 0) is 3.07 Å². The van der Waals surface area contributed by atoms with E-state index < -0.39 is 72.2 Å². The standard InChI is InChI=1S/C13H11O.2C4H4F5.Sn/c14-13(11-7-3-1-4-8-11)12-9-5-2-6-10-12;2*5-3(6)1-2-4(7,8)9;/h1-10,13H;2*1-2H2;/q-1;;;+1. The average Bonchev–Trinajstić information content (AvgIpc) is 2.72. The van der Waals surface area contributed by atoms with Crippen LogP contribution in [0.1, 0.15) is 42.9 Å². The summed E-state index contributed by atoms with van der Waals surface area (Å²) in [5.41, 5.74) is 0.333. The van der Waals surface area contributed by atoms with Crippen molar-refractivity contribution in [3.05, 3.63) is 71.8 Å². The molecule has 0 aliphatic carbocycles. The van der Waals surface area contributed by atoms with E-state index in [1.165, 1.54) is 48.5 Å². The summed E-state index contributed by atoms with van der Waals surface area (Å²) >= 11 is -6.17. The van der Waals surface area contributed by atoms with E-state index in [4.69, 9.17) is 3.07 Å². The van der Waals surface area contributed by atoms with Crippen molar-refractivity contribution in [3.63, 3.8) is 0 Å². The molecule has 0 unspecified atom stereocenters. The summed E-state index contributed by atoms with van der Waals surface area (Å²) in [5, 5.41) is 0. The van der Waals surface area contributed by atoms with Crippen molar-refractivity contribution in [2.75, 3.05) is 0 Å². The van der Waals surface area contributed by atoms with Crippen molar-refractivity contribution < 1.29 is 47.0 Å². The molecule has 2 rings (SSSR count). The van der Waals surface area contributed by atoms with Gasteiger partial charge in [0.05, 0.1) is 0 Å². The minimum absolute atomic E-state index is 0.167. The SMILES string of the molecule is FC(F)(F)CC[C](F)(F)[Sn]([O]C(c1ccccc1)c1ccccc1)[C](F)(F)CCC(F)(F)F. The molecular weight excluding hydrogens is 577 g/mol. The molecule has 0 amide bonds. The van der Waals surface area contributed by atoms with Crippen molar-refractivity contribution >= 4 is 20.2 Å². The zero-order valence-electron chi connectivity index (χ0n) is 16.9. The Morgan fingerprint density at radius 2 is 0.879 bits per heavy atom. The number of alkyl halides is 10. The Morgan fingerprint density at radius 1 is 0.545 bits per heavy atom. The van der Waals surface area contributed by atoms with E-state index >= 15 is 0 Å². The molecule has 0 aliphatic heterocycles.